The molecule has 16 heavy (non-hydrogen) atoms. The van der Waals surface area contributed by atoms with Crippen LogP contribution in [0.25, 0.3) is 0 Å². The van der Waals surface area contributed by atoms with Gasteiger partial charge in [-0.25, -0.2) is 10.2 Å². The van der Waals surface area contributed by atoms with Gasteiger partial charge >= 0.3 is 6.03 Å². The zero-order valence-corrected chi connectivity index (χ0v) is 10.6. The number of benzene rings is 1. The Morgan fingerprint density at radius 2 is 2.38 bits per heavy atom. The van der Waals surface area contributed by atoms with Crippen molar-refractivity contribution in [2.75, 3.05) is 7.11 Å². The first kappa shape index (κ1) is 12.6. The topological polar surface area (TPSA) is 96.9 Å². The molecule has 0 bridgehead atoms. The van der Waals surface area contributed by atoms with Crippen LogP contribution in [0.15, 0.2) is 17.2 Å². The van der Waals surface area contributed by atoms with Crippen LogP contribution in [0.1, 0.15) is 5.56 Å². The number of hydrogen-bond donors (Lipinski definition) is 3. The molecule has 0 aliphatic heterocycles. The van der Waals surface area contributed by atoms with Gasteiger partial charge in [-0.3, -0.25) is 0 Å². The molecule has 0 heterocycles. The number of methoxy groups -OCH3 is 1. The zero-order chi connectivity index (χ0) is 12.1. The summed E-state index contributed by atoms with van der Waals surface area (Å²) in [6, 6.07) is 2.53. The molecule has 0 saturated heterocycles. The van der Waals surface area contributed by atoms with Gasteiger partial charge in [0, 0.05) is 0 Å². The first-order valence-electron chi connectivity index (χ1n) is 4.19. The normalized spacial score (nSPS) is 10.4. The van der Waals surface area contributed by atoms with Crippen molar-refractivity contribution < 1.29 is 14.6 Å². The molecule has 1 rings (SSSR count). The average Bonchev–Trinajstić information content (AvgIpc) is 2.22. The van der Waals surface area contributed by atoms with Gasteiger partial charge in [-0.2, -0.15) is 5.10 Å². The minimum absolute atomic E-state index is 0.0723. The van der Waals surface area contributed by atoms with Crippen LogP contribution in [0.3, 0.4) is 0 Å². The van der Waals surface area contributed by atoms with E-state index in [-0.39, 0.29) is 5.75 Å². The van der Waals surface area contributed by atoms with Crippen LogP contribution in [0.5, 0.6) is 11.5 Å². The second-order valence-electron chi connectivity index (χ2n) is 2.79. The van der Waals surface area contributed by atoms with Crippen LogP contribution in [0, 0.1) is 3.57 Å². The van der Waals surface area contributed by atoms with E-state index in [2.05, 4.69) is 10.5 Å². The molecule has 0 atom stereocenters. The molecule has 0 saturated carbocycles. The number of nitrogens with one attached hydrogen (secondary N) is 1. The van der Waals surface area contributed by atoms with E-state index >= 15 is 0 Å². The summed E-state index contributed by atoms with van der Waals surface area (Å²) < 4.78 is 5.59. The molecule has 0 spiro atoms. The van der Waals surface area contributed by atoms with Crippen molar-refractivity contribution in [2.24, 2.45) is 10.8 Å². The Morgan fingerprint density at radius 3 is 2.94 bits per heavy atom. The number of aromatic hydroxyl groups is 1. The lowest BCUT2D eigenvalue weighted by Gasteiger charge is -2.06. The number of hydrazone groups is 1. The molecule has 86 valence electrons. The minimum atomic E-state index is -0.739. The number of primary amides is 1. The summed E-state index contributed by atoms with van der Waals surface area (Å²) in [5.41, 5.74) is 7.58. The van der Waals surface area contributed by atoms with E-state index in [4.69, 9.17) is 10.5 Å². The zero-order valence-electron chi connectivity index (χ0n) is 8.40. The van der Waals surface area contributed by atoms with Crippen LogP contribution < -0.4 is 15.9 Å². The Bertz CT molecular complexity index is 434. The van der Waals surface area contributed by atoms with Crippen molar-refractivity contribution in [1.82, 2.24) is 5.43 Å². The molecule has 7 heteroatoms. The highest BCUT2D eigenvalue weighted by atomic mass is 127. The lowest BCUT2D eigenvalue weighted by Crippen LogP contribution is -2.24. The highest BCUT2D eigenvalue weighted by molar-refractivity contribution is 14.1. The summed E-state index contributed by atoms with van der Waals surface area (Å²) in [7, 11) is 1.45. The molecule has 0 fully saturated rings. The molecule has 0 aromatic heterocycles. The van der Waals surface area contributed by atoms with Gasteiger partial charge in [0.15, 0.2) is 11.5 Å². The van der Waals surface area contributed by atoms with Gasteiger partial charge in [-0.05, 0) is 40.3 Å². The van der Waals surface area contributed by atoms with Gasteiger partial charge in [0.2, 0.25) is 0 Å². The number of ether oxygens (including phenoxy) is 1. The van der Waals surface area contributed by atoms with Crippen LogP contribution in [0.4, 0.5) is 4.79 Å². The first-order chi connectivity index (χ1) is 7.54. The molecule has 1 aromatic carbocycles. The van der Waals surface area contributed by atoms with E-state index in [9.17, 15) is 9.90 Å². The molecule has 1 aromatic rings. The average molecular weight is 335 g/mol. The van der Waals surface area contributed by atoms with E-state index < -0.39 is 6.03 Å². The van der Waals surface area contributed by atoms with Crippen LogP contribution in [-0.2, 0) is 0 Å². The van der Waals surface area contributed by atoms with Crippen molar-refractivity contribution in [1.29, 1.82) is 0 Å². The summed E-state index contributed by atoms with van der Waals surface area (Å²) in [5, 5.41) is 13.2. The number of phenols is 1. The maximum Gasteiger partial charge on any atom is 0.332 e. The Hall–Kier alpha value is -1.51. The van der Waals surface area contributed by atoms with E-state index in [0.717, 1.165) is 0 Å². The third kappa shape index (κ3) is 3.26. The molecule has 2 amide bonds. The summed E-state index contributed by atoms with van der Waals surface area (Å²) in [4.78, 5) is 10.4. The lowest BCUT2D eigenvalue weighted by molar-refractivity contribution is 0.249. The fourth-order valence-electron chi connectivity index (χ4n) is 0.994. The number of carbonyl (C=O) groups is 1. The molecular formula is C9H10IN3O3. The van der Waals surface area contributed by atoms with Crippen molar-refractivity contribution in [3.63, 3.8) is 0 Å². The van der Waals surface area contributed by atoms with E-state index in [1.165, 1.54) is 13.3 Å². The quantitative estimate of drug-likeness (QED) is 0.437. The lowest BCUT2D eigenvalue weighted by atomic mass is 10.2. The second kappa shape index (κ2) is 5.54. The number of carbonyl (C=O) groups excluding carboxylic acids is 1. The number of nitrogens with two attached hydrogens (primary N) is 1. The maximum atomic E-state index is 10.4. The number of amides is 2. The third-order valence-corrected chi connectivity index (χ3v) is 2.48. The fraction of sp³-hybridized carbons (Fsp3) is 0.111. The van der Waals surface area contributed by atoms with Gasteiger partial charge in [-0.15, -0.1) is 0 Å². The Kier molecular flexibility index (Phi) is 4.35. The van der Waals surface area contributed by atoms with Crippen molar-refractivity contribution >= 4 is 34.8 Å². The summed E-state index contributed by atoms with van der Waals surface area (Å²) in [5.74, 6) is 0.413. The number of halogens is 1. The molecule has 6 nitrogen and oxygen atoms in total. The molecule has 0 radical (unpaired) electrons. The van der Waals surface area contributed by atoms with Crippen molar-refractivity contribution in [3.05, 3.63) is 21.3 Å². The monoisotopic (exact) mass is 335 g/mol. The number of rotatable bonds is 3. The van der Waals surface area contributed by atoms with Gasteiger partial charge in [-0.1, -0.05) is 0 Å². The Balaban J connectivity index is 2.93. The molecular weight excluding hydrogens is 325 g/mol. The molecule has 0 aliphatic rings. The number of hydrogen-bond acceptors (Lipinski definition) is 4. The van der Waals surface area contributed by atoms with E-state index in [0.29, 0.717) is 14.9 Å². The smallest absolute Gasteiger partial charge is 0.332 e. The highest BCUT2D eigenvalue weighted by Crippen LogP contribution is 2.31. The minimum Gasteiger partial charge on any atom is -0.504 e. The van der Waals surface area contributed by atoms with Gasteiger partial charge < -0.3 is 15.6 Å². The largest absolute Gasteiger partial charge is 0.504 e. The number of phenolic OH excluding ortho intramolecular Hbond substituents is 1. The van der Waals surface area contributed by atoms with Crippen molar-refractivity contribution in [3.8, 4) is 11.5 Å². The van der Waals surface area contributed by atoms with E-state index in [1.54, 1.807) is 12.1 Å². The van der Waals surface area contributed by atoms with Crippen LogP contribution in [0.2, 0.25) is 0 Å². The molecule has 4 N–H and O–H groups in total. The van der Waals surface area contributed by atoms with E-state index in [1.807, 2.05) is 22.6 Å². The predicted molar refractivity (Wildman–Crippen MR) is 67.7 cm³/mol. The summed E-state index contributed by atoms with van der Waals surface area (Å²) in [6.45, 7) is 0. The van der Waals surface area contributed by atoms with Gasteiger partial charge in [0.05, 0.1) is 16.9 Å². The number of nitrogens with zero attached hydrogens (tertiary/aromatic N) is 1. The SMILES string of the molecule is COc1cc(C=NNC(N)=O)cc(I)c1O. The maximum absolute atomic E-state index is 10.4. The summed E-state index contributed by atoms with van der Waals surface area (Å²) in [6.07, 6.45) is 1.40. The van der Waals surface area contributed by atoms with Crippen molar-refractivity contribution in [2.45, 2.75) is 0 Å². The predicted octanol–water partition coefficient (Wildman–Crippen LogP) is 1.01. The highest BCUT2D eigenvalue weighted by Gasteiger charge is 2.07. The number of urea groups is 1. The molecule has 0 unspecified atom stereocenters. The van der Waals surface area contributed by atoms with Gasteiger partial charge in [0.25, 0.3) is 0 Å². The fourth-order valence-corrected chi connectivity index (χ4v) is 1.62. The third-order valence-electron chi connectivity index (χ3n) is 1.66. The van der Waals surface area contributed by atoms with Crippen LogP contribution in [-0.4, -0.2) is 24.5 Å². The second-order valence-corrected chi connectivity index (χ2v) is 3.95. The summed E-state index contributed by atoms with van der Waals surface area (Å²) >= 11 is 1.96. The van der Waals surface area contributed by atoms with Crippen LogP contribution >= 0.6 is 22.6 Å². The molecule has 0 aliphatic carbocycles. The standard InChI is InChI=1S/C9H10IN3O3/c1-16-7-3-5(2-6(10)8(7)14)4-12-13-9(11)15/h2-4,14H,1H3,(H3,11,13,15). The Labute approximate surface area is 106 Å². The van der Waals surface area contributed by atoms with Gasteiger partial charge in [0.1, 0.15) is 0 Å². The Morgan fingerprint density at radius 1 is 1.69 bits per heavy atom. The first-order valence-corrected chi connectivity index (χ1v) is 5.27.